The van der Waals surface area contributed by atoms with Crippen LogP contribution in [-0.2, 0) is 6.42 Å². The van der Waals surface area contributed by atoms with Crippen LogP contribution < -0.4 is 5.32 Å². The number of imidazole rings is 1. The highest BCUT2D eigenvalue weighted by Gasteiger charge is 2.07. The van der Waals surface area contributed by atoms with Crippen LogP contribution in [0.15, 0.2) is 30.7 Å². The lowest BCUT2D eigenvalue weighted by Gasteiger charge is -2.05. The number of nitrogens with one attached hydrogen (secondary N) is 2. The third-order valence-corrected chi connectivity index (χ3v) is 3.16. The Hall–Kier alpha value is -1.52. The van der Waals surface area contributed by atoms with Crippen molar-refractivity contribution in [3.05, 3.63) is 52.0 Å². The minimum absolute atomic E-state index is 0.173. The maximum absolute atomic E-state index is 11.8. The van der Waals surface area contributed by atoms with Crippen molar-refractivity contribution in [2.45, 2.75) is 6.42 Å². The lowest BCUT2D eigenvalue weighted by atomic mass is 10.2. The van der Waals surface area contributed by atoms with Crippen LogP contribution in [0.3, 0.4) is 0 Å². The number of nitrogens with zero attached hydrogens (tertiary/aromatic N) is 1. The van der Waals surface area contributed by atoms with Gasteiger partial charge in [-0.3, -0.25) is 4.79 Å². The highest BCUT2D eigenvalue weighted by atomic mass is 35.5. The Bertz CT molecular complexity index is 540. The number of H-pyrrole nitrogens is 1. The van der Waals surface area contributed by atoms with Crippen molar-refractivity contribution in [2.24, 2.45) is 0 Å². The topological polar surface area (TPSA) is 57.8 Å². The molecule has 0 unspecified atom stereocenters. The zero-order chi connectivity index (χ0) is 13.0. The SMILES string of the molecule is O=C(NCCc1cnc[nH]1)c1ccc(Cl)c(Cl)c1. The molecule has 0 bridgehead atoms. The van der Waals surface area contributed by atoms with Gasteiger partial charge in [-0.2, -0.15) is 0 Å². The second-order valence-electron chi connectivity index (χ2n) is 3.71. The molecule has 0 fully saturated rings. The average Bonchev–Trinajstić information content (AvgIpc) is 2.85. The Morgan fingerprint density at radius 1 is 1.33 bits per heavy atom. The van der Waals surface area contributed by atoms with E-state index >= 15 is 0 Å². The Kier molecular flexibility index (Phi) is 4.23. The van der Waals surface area contributed by atoms with Crippen molar-refractivity contribution in [1.29, 1.82) is 0 Å². The summed E-state index contributed by atoms with van der Waals surface area (Å²) in [5.41, 5.74) is 1.47. The van der Waals surface area contributed by atoms with Crippen LogP contribution in [0.2, 0.25) is 10.0 Å². The largest absolute Gasteiger partial charge is 0.352 e. The molecule has 2 rings (SSSR count). The van der Waals surface area contributed by atoms with Crippen molar-refractivity contribution < 1.29 is 4.79 Å². The van der Waals surface area contributed by atoms with E-state index in [-0.39, 0.29) is 5.91 Å². The van der Waals surface area contributed by atoms with Crippen molar-refractivity contribution in [3.63, 3.8) is 0 Å². The zero-order valence-electron chi connectivity index (χ0n) is 9.41. The molecule has 2 N–H and O–H groups in total. The van der Waals surface area contributed by atoms with E-state index in [4.69, 9.17) is 23.2 Å². The molecule has 0 saturated carbocycles. The van der Waals surface area contributed by atoms with Crippen LogP contribution in [-0.4, -0.2) is 22.4 Å². The number of halogens is 2. The molecule has 1 aromatic heterocycles. The fourth-order valence-corrected chi connectivity index (χ4v) is 1.77. The minimum Gasteiger partial charge on any atom is -0.352 e. The number of carbonyl (C=O) groups is 1. The first-order valence-corrected chi connectivity index (χ1v) is 6.13. The highest BCUT2D eigenvalue weighted by molar-refractivity contribution is 6.42. The summed E-state index contributed by atoms with van der Waals surface area (Å²) in [6, 6.07) is 4.79. The fourth-order valence-electron chi connectivity index (χ4n) is 1.47. The monoisotopic (exact) mass is 283 g/mol. The number of amides is 1. The second kappa shape index (κ2) is 5.89. The van der Waals surface area contributed by atoms with Gasteiger partial charge in [0.2, 0.25) is 0 Å². The molecule has 0 aliphatic carbocycles. The van der Waals surface area contributed by atoms with Crippen LogP contribution in [0, 0.1) is 0 Å². The summed E-state index contributed by atoms with van der Waals surface area (Å²) in [6.07, 6.45) is 4.04. The Labute approximate surface area is 114 Å². The van der Waals surface area contributed by atoms with Gasteiger partial charge >= 0.3 is 0 Å². The molecule has 0 aliphatic rings. The first-order chi connectivity index (χ1) is 8.66. The maximum atomic E-state index is 11.8. The van der Waals surface area contributed by atoms with Crippen LogP contribution in [0.4, 0.5) is 0 Å². The quantitative estimate of drug-likeness (QED) is 0.906. The number of hydrogen-bond donors (Lipinski definition) is 2. The third kappa shape index (κ3) is 3.24. The molecule has 0 atom stereocenters. The molecule has 1 heterocycles. The van der Waals surface area contributed by atoms with E-state index < -0.39 is 0 Å². The molecule has 0 aliphatic heterocycles. The lowest BCUT2D eigenvalue weighted by Crippen LogP contribution is -2.25. The van der Waals surface area contributed by atoms with E-state index in [1.807, 2.05) is 0 Å². The number of aromatic amines is 1. The van der Waals surface area contributed by atoms with Crippen LogP contribution >= 0.6 is 23.2 Å². The average molecular weight is 284 g/mol. The molecule has 4 nitrogen and oxygen atoms in total. The molecule has 2 aromatic rings. The van der Waals surface area contributed by atoms with Gasteiger partial charge in [0.05, 0.1) is 16.4 Å². The number of carbonyl (C=O) groups excluding carboxylic acids is 1. The van der Waals surface area contributed by atoms with Gasteiger partial charge < -0.3 is 10.3 Å². The minimum atomic E-state index is -0.173. The van der Waals surface area contributed by atoms with Gasteiger partial charge in [-0.25, -0.2) is 4.98 Å². The van der Waals surface area contributed by atoms with Crippen LogP contribution in [0.25, 0.3) is 0 Å². The summed E-state index contributed by atoms with van der Waals surface area (Å²) in [4.78, 5) is 18.7. The van der Waals surface area contributed by atoms with Gasteiger partial charge in [0, 0.05) is 30.4 Å². The van der Waals surface area contributed by atoms with Gasteiger partial charge in [-0.15, -0.1) is 0 Å². The number of rotatable bonds is 4. The fraction of sp³-hybridized carbons (Fsp3) is 0.167. The summed E-state index contributed by atoms with van der Waals surface area (Å²) in [5, 5.41) is 3.60. The lowest BCUT2D eigenvalue weighted by molar-refractivity contribution is 0.0954. The number of aromatic nitrogens is 2. The summed E-state index contributed by atoms with van der Waals surface area (Å²) in [6.45, 7) is 0.529. The summed E-state index contributed by atoms with van der Waals surface area (Å²) >= 11 is 11.6. The zero-order valence-corrected chi connectivity index (χ0v) is 10.9. The van der Waals surface area contributed by atoms with E-state index in [0.717, 1.165) is 5.69 Å². The van der Waals surface area contributed by atoms with E-state index in [0.29, 0.717) is 28.6 Å². The van der Waals surface area contributed by atoms with Crippen molar-refractivity contribution in [1.82, 2.24) is 15.3 Å². The van der Waals surface area contributed by atoms with E-state index in [2.05, 4.69) is 15.3 Å². The van der Waals surface area contributed by atoms with Gasteiger partial charge in [0.1, 0.15) is 0 Å². The normalized spacial score (nSPS) is 10.3. The van der Waals surface area contributed by atoms with Crippen LogP contribution in [0.1, 0.15) is 16.1 Å². The second-order valence-corrected chi connectivity index (χ2v) is 4.53. The molecule has 18 heavy (non-hydrogen) atoms. The summed E-state index contributed by atoms with van der Waals surface area (Å²) in [5.74, 6) is -0.173. The van der Waals surface area contributed by atoms with E-state index in [1.54, 1.807) is 30.7 Å². The maximum Gasteiger partial charge on any atom is 0.251 e. The van der Waals surface area contributed by atoms with Crippen molar-refractivity contribution in [2.75, 3.05) is 6.54 Å². The summed E-state index contributed by atoms with van der Waals surface area (Å²) < 4.78 is 0. The molecule has 0 saturated heterocycles. The van der Waals surface area contributed by atoms with Crippen LogP contribution in [0.5, 0.6) is 0 Å². The molecular weight excluding hydrogens is 273 g/mol. The first-order valence-electron chi connectivity index (χ1n) is 5.37. The summed E-state index contributed by atoms with van der Waals surface area (Å²) in [7, 11) is 0. The van der Waals surface area contributed by atoms with Gasteiger partial charge in [-0.05, 0) is 18.2 Å². The Morgan fingerprint density at radius 2 is 2.17 bits per heavy atom. The Morgan fingerprint density at radius 3 is 2.83 bits per heavy atom. The van der Waals surface area contributed by atoms with E-state index in [9.17, 15) is 4.79 Å². The van der Waals surface area contributed by atoms with Crippen molar-refractivity contribution in [3.8, 4) is 0 Å². The highest BCUT2D eigenvalue weighted by Crippen LogP contribution is 2.22. The molecule has 6 heteroatoms. The molecule has 1 aromatic carbocycles. The molecular formula is C12H11Cl2N3O. The third-order valence-electron chi connectivity index (χ3n) is 2.42. The number of benzene rings is 1. The van der Waals surface area contributed by atoms with Gasteiger partial charge in [0.15, 0.2) is 0 Å². The standard InChI is InChI=1S/C12H11Cl2N3O/c13-10-2-1-8(5-11(10)14)12(18)16-4-3-9-6-15-7-17-9/h1-2,5-7H,3-4H2,(H,15,17)(H,16,18). The van der Waals surface area contributed by atoms with Gasteiger partial charge in [0.25, 0.3) is 5.91 Å². The van der Waals surface area contributed by atoms with Crippen molar-refractivity contribution >= 4 is 29.1 Å². The van der Waals surface area contributed by atoms with E-state index in [1.165, 1.54) is 0 Å². The molecule has 94 valence electrons. The molecule has 1 amide bonds. The first kappa shape index (κ1) is 12.9. The van der Waals surface area contributed by atoms with Gasteiger partial charge in [-0.1, -0.05) is 23.2 Å². The number of hydrogen-bond acceptors (Lipinski definition) is 2. The Balaban J connectivity index is 1.89. The molecule has 0 radical (unpaired) electrons. The smallest absolute Gasteiger partial charge is 0.251 e. The predicted molar refractivity (Wildman–Crippen MR) is 71.1 cm³/mol. The predicted octanol–water partition coefficient (Wildman–Crippen LogP) is 2.69. The molecule has 0 spiro atoms.